The average molecular weight is 221 g/mol. The molecule has 0 saturated carbocycles. The number of likely N-dealkylation sites (N-methyl/N-ethyl adjacent to an activating group) is 1. The zero-order chi connectivity index (χ0) is 11.7. The molecule has 0 saturated heterocycles. The summed E-state index contributed by atoms with van der Waals surface area (Å²) in [4.78, 5) is 11.6. The Morgan fingerprint density at radius 1 is 1.56 bits per heavy atom. The second-order valence-electron chi connectivity index (χ2n) is 3.89. The molecule has 0 aromatic heterocycles. The molecule has 5 nitrogen and oxygen atoms in total. The fourth-order valence-electron chi connectivity index (χ4n) is 1.76. The van der Waals surface area contributed by atoms with Crippen molar-refractivity contribution in [1.29, 1.82) is 0 Å². The van der Waals surface area contributed by atoms with Gasteiger partial charge in [0, 0.05) is 13.5 Å². The van der Waals surface area contributed by atoms with Gasteiger partial charge in [0.2, 0.25) is 0 Å². The fraction of sp³-hybridized carbons (Fsp3) is 0.364. The zero-order valence-corrected chi connectivity index (χ0v) is 9.14. The number of ether oxygens (including phenoxy) is 1. The maximum Gasteiger partial charge on any atom is 0.257 e. The molecule has 4 N–H and O–H groups in total. The normalized spacial score (nSPS) is 15.2. The molecule has 0 bridgehead atoms. The summed E-state index contributed by atoms with van der Waals surface area (Å²) < 4.78 is 5.38. The highest BCUT2D eigenvalue weighted by molar-refractivity contribution is 5.82. The molecule has 0 spiro atoms. The Balaban J connectivity index is 2.24. The van der Waals surface area contributed by atoms with E-state index in [0.29, 0.717) is 6.61 Å². The van der Waals surface area contributed by atoms with Crippen LogP contribution in [0.3, 0.4) is 0 Å². The second kappa shape index (κ2) is 4.11. The van der Waals surface area contributed by atoms with Crippen LogP contribution in [0.5, 0.6) is 5.75 Å². The van der Waals surface area contributed by atoms with Gasteiger partial charge in [-0.15, -0.1) is 0 Å². The molecule has 0 aliphatic carbocycles. The van der Waals surface area contributed by atoms with E-state index in [0.717, 1.165) is 28.3 Å². The first kappa shape index (κ1) is 10.9. The Bertz CT molecular complexity index is 418. The lowest BCUT2D eigenvalue weighted by Gasteiger charge is -2.17. The number of nitrogens with two attached hydrogens (primary N) is 2. The molecule has 1 atom stereocenters. The van der Waals surface area contributed by atoms with Gasteiger partial charge in [0.05, 0.1) is 6.61 Å². The first-order valence-electron chi connectivity index (χ1n) is 5.13. The smallest absolute Gasteiger partial charge is 0.257 e. The Morgan fingerprint density at radius 3 is 3.00 bits per heavy atom. The highest BCUT2D eigenvalue weighted by Gasteiger charge is 2.20. The average Bonchev–Trinajstić information content (AvgIpc) is 2.73. The van der Waals surface area contributed by atoms with Crippen LogP contribution in [0.1, 0.15) is 17.2 Å². The number of amides is 1. The molecule has 1 aromatic rings. The highest BCUT2D eigenvalue weighted by atomic mass is 16.5. The maximum absolute atomic E-state index is 11.6. The van der Waals surface area contributed by atoms with E-state index in [9.17, 15) is 4.79 Å². The number of benzene rings is 1. The Kier molecular flexibility index (Phi) is 2.80. The van der Waals surface area contributed by atoms with Crippen molar-refractivity contribution in [3.05, 3.63) is 29.3 Å². The molecule has 1 aromatic carbocycles. The number of carbonyl (C=O) groups excluding carboxylic acids is 1. The van der Waals surface area contributed by atoms with Gasteiger partial charge in [-0.2, -0.15) is 0 Å². The van der Waals surface area contributed by atoms with Crippen LogP contribution in [-0.2, 0) is 11.2 Å². The molecule has 0 fully saturated rings. The van der Waals surface area contributed by atoms with E-state index in [1.165, 1.54) is 7.05 Å². The summed E-state index contributed by atoms with van der Waals surface area (Å²) >= 11 is 0. The summed E-state index contributed by atoms with van der Waals surface area (Å²) in [5, 5.41) is 1.01. The molecule has 1 amide bonds. The summed E-state index contributed by atoms with van der Waals surface area (Å²) in [6.07, 6.45) is 0.864. The molecule has 16 heavy (non-hydrogen) atoms. The van der Waals surface area contributed by atoms with Crippen LogP contribution in [0.25, 0.3) is 0 Å². The van der Waals surface area contributed by atoms with Gasteiger partial charge in [0.25, 0.3) is 5.91 Å². The standard InChI is InChI=1S/C11H15N3O2/c1-14(13)11(15)10(12)8-2-3-9-7(6-8)4-5-16-9/h2-3,6,10H,4-5,12-13H2,1H3. The Labute approximate surface area is 93.9 Å². The number of nitrogens with zero attached hydrogens (tertiary/aromatic N) is 1. The molecule has 1 aliphatic rings. The Morgan fingerprint density at radius 2 is 2.31 bits per heavy atom. The van der Waals surface area contributed by atoms with Crippen LogP contribution in [0, 0.1) is 0 Å². The SMILES string of the molecule is CN(N)C(=O)C(N)c1ccc2c(c1)CCO2. The molecule has 1 heterocycles. The zero-order valence-electron chi connectivity index (χ0n) is 9.14. The summed E-state index contributed by atoms with van der Waals surface area (Å²) in [6, 6.07) is 4.85. The predicted molar refractivity (Wildman–Crippen MR) is 59.5 cm³/mol. The number of hydrogen-bond acceptors (Lipinski definition) is 4. The van der Waals surface area contributed by atoms with Crippen molar-refractivity contribution in [3.8, 4) is 5.75 Å². The van der Waals surface area contributed by atoms with Gasteiger partial charge in [-0.25, -0.2) is 5.84 Å². The van der Waals surface area contributed by atoms with E-state index in [2.05, 4.69) is 0 Å². The third-order valence-corrected chi connectivity index (χ3v) is 2.69. The fourth-order valence-corrected chi connectivity index (χ4v) is 1.76. The molecule has 1 unspecified atom stereocenters. The number of hydrogen-bond donors (Lipinski definition) is 2. The predicted octanol–water partition coefficient (Wildman–Crippen LogP) is -0.0466. The lowest BCUT2D eigenvalue weighted by molar-refractivity contribution is -0.131. The van der Waals surface area contributed by atoms with Gasteiger partial charge < -0.3 is 10.5 Å². The van der Waals surface area contributed by atoms with Gasteiger partial charge >= 0.3 is 0 Å². The highest BCUT2D eigenvalue weighted by Crippen LogP contribution is 2.27. The maximum atomic E-state index is 11.6. The van der Waals surface area contributed by atoms with Crippen molar-refractivity contribution in [2.75, 3.05) is 13.7 Å². The first-order valence-corrected chi connectivity index (χ1v) is 5.13. The van der Waals surface area contributed by atoms with Crippen LogP contribution < -0.4 is 16.3 Å². The largest absolute Gasteiger partial charge is 0.493 e. The van der Waals surface area contributed by atoms with Gasteiger partial charge in [-0.05, 0) is 23.3 Å². The minimum atomic E-state index is -0.708. The Hall–Kier alpha value is -1.59. The number of fused-ring (bicyclic) bond motifs is 1. The number of rotatable bonds is 2. The van der Waals surface area contributed by atoms with E-state index >= 15 is 0 Å². The number of carbonyl (C=O) groups is 1. The monoisotopic (exact) mass is 221 g/mol. The lowest BCUT2D eigenvalue weighted by Crippen LogP contribution is -2.40. The van der Waals surface area contributed by atoms with E-state index in [1.54, 1.807) is 6.07 Å². The van der Waals surface area contributed by atoms with E-state index in [-0.39, 0.29) is 5.91 Å². The topological polar surface area (TPSA) is 81.6 Å². The lowest BCUT2D eigenvalue weighted by atomic mass is 10.0. The van der Waals surface area contributed by atoms with Gasteiger partial charge in [0.15, 0.2) is 0 Å². The molecule has 0 radical (unpaired) electrons. The van der Waals surface area contributed by atoms with Crippen molar-refractivity contribution in [1.82, 2.24) is 5.01 Å². The summed E-state index contributed by atoms with van der Waals surface area (Å²) in [7, 11) is 1.48. The second-order valence-corrected chi connectivity index (χ2v) is 3.89. The third kappa shape index (κ3) is 1.87. The van der Waals surface area contributed by atoms with Crippen molar-refractivity contribution in [3.63, 3.8) is 0 Å². The van der Waals surface area contributed by atoms with Crippen LogP contribution >= 0.6 is 0 Å². The molecular formula is C11H15N3O2. The molecule has 1 aliphatic heterocycles. The summed E-state index contributed by atoms with van der Waals surface area (Å²) in [6.45, 7) is 0.693. The molecule has 5 heteroatoms. The third-order valence-electron chi connectivity index (χ3n) is 2.69. The van der Waals surface area contributed by atoms with Gasteiger partial charge in [0.1, 0.15) is 11.8 Å². The molecule has 86 valence electrons. The molecular weight excluding hydrogens is 206 g/mol. The number of hydrazine groups is 1. The van der Waals surface area contributed by atoms with Crippen LogP contribution in [-0.4, -0.2) is 24.6 Å². The molecule has 2 rings (SSSR count). The summed E-state index contributed by atoms with van der Waals surface area (Å²) in [5.74, 6) is 5.94. The van der Waals surface area contributed by atoms with Crippen LogP contribution in [0.15, 0.2) is 18.2 Å². The summed E-state index contributed by atoms with van der Waals surface area (Å²) in [5.41, 5.74) is 7.69. The minimum Gasteiger partial charge on any atom is -0.493 e. The van der Waals surface area contributed by atoms with E-state index in [1.807, 2.05) is 12.1 Å². The van der Waals surface area contributed by atoms with Gasteiger partial charge in [-0.1, -0.05) is 6.07 Å². The van der Waals surface area contributed by atoms with Crippen molar-refractivity contribution in [2.45, 2.75) is 12.5 Å². The van der Waals surface area contributed by atoms with Crippen molar-refractivity contribution >= 4 is 5.91 Å². The first-order chi connectivity index (χ1) is 7.59. The minimum absolute atomic E-state index is 0.307. The van der Waals surface area contributed by atoms with E-state index in [4.69, 9.17) is 16.3 Å². The van der Waals surface area contributed by atoms with Crippen LogP contribution in [0.2, 0.25) is 0 Å². The van der Waals surface area contributed by atoms with E-state index < -0.39 is 6.04 Å². The van der Waals surface area contributed by atoms with Crippen molar-refractivity contribution in [2.24, 2.45) is 11.6 Å². The van der Waals surface area contributed by atoms with Gasteiger partial charge in [-0.3, -0.25) is 9.80 Å². The van der Waals surface area contributed by atoms with Crippen LogP contribution in [0.4, 0.5) is 0 Å². The quantitative estimate of drug-likeness (QED) is 0.417. The van der Waals surface area contributed by atoms with Crippen molar-refractivity contribution < 1.29 is 9.53 Å².